The number of benzene rings is 2. The van der Waals surface area contributed by atoms with Gasteiger partial charge in [0.2, 0.25) is 5.91 Å². The molecule has 132 valence electrons. The van der Waals surface area contributed by atoms with Crippen molar-refractivity contribution in [2.45, 2.75) is 32.7 Å². The molecular formula is C21H26N2O2. The Bertz CT molecular complexity index is 716. The lowest BCUT2D eigenvalue weighted by molar-refractivity contribution is -0.129. The molecule has 2 aromatic rings. The molecule has 0 saturated heterocycles. The van der Waals surface area contributed by atoms with Crippen LogP contribution in [0.4, 0.5) is 0 Å². The Balaban J connectivity index is 1.87. The number of amides is 2. The van der Waals surface area contributed by atoms with Crippen molar-refractivity contribution in [2.24, 2.45) is 0 Å². The summed E-state index contributed by atoms with van der Waals surface area (Å²) in [7, 11) is 1.74. The SMILES string of the molecule is CN(Cc1ccccc1)C(=O)CNC(=O)c1ccc(C(C)(C)C)cc1. The molecule has 0 fully saturated rings. The summed E-state index contributed by atoms with van der Waals surface area (Å²) in [5.41, 5.74) is 2.84. The highest BCUT2D eigenvalue weighted by Crippen LogP contribution is 2.22. The van der Waals surface area contributed by atoms with Gasteiger partial charge >= 0.3 is 0 Å². The smallest absolute Gasteiger partial charge is 0.251 e. The maximum atomic E-state index is 12.2. The van der Waals surface area contributed by atoms with Crippen molar-refractivity contribution in [1.29, 1.82) is 0 Å². The predicted octanol–water partition coefficient (Wildman–Crippen LogP) is 3.37. The van der Waals surface area contributed by atoms with Crippen LogP contribution in [0.5, 0.6) is 0 Å². The van der Waals surface area contributed by atoms with Gasteiger partial charge in [-0.25, -0.2) is 0 Å². The minimum Gasteiger partial charge on any atom is -0.343 e. The monoisotopic (exact) mass is 338 g/mol. The van der Waals surface area contributed by atoms with E-state index in [1.165, 1.54) is 5.56 Å². The molecule has 0 spiro atoms. The molecule has 1 N–H and O–H groups in total. The van der Waals surface area contributed by atoms with Gasteiger partial charge in [0, 0.05) is 19.2 Å². The number of nitrogens with zero attached hydrogens (tertiary/aromatic N) is 1. The minimum absolute atomic E-state index is 0.0107. The van der Waals surface area contributed by atoms with E-state index in [-0.39, 0.29) is 23.8 Å². The fraction of sp³-hybridized carbons (Fsp3) is 0.333. The molecule has 2 aromatic carbocycles. The predicted molar refractivity (Wildman–Crippen MR) is 100 cm³/mol. The molecule has 0 radical (unpaired) electrons. The van der Waals surface area contributed by atoms with Crippen LogP contribution in [-0.2, 0) is 16.8 Å². The van der Waals surface area contributed by atoms with E-state index in [0.717, 1.165) is 5.56 Å². The molecule has 25 heavy (non-hydrogen) atoms. The fourth-order valence-corrected chi connectivity index (χ4v) is 2.46. The van der Waals surface area contributed by atoms with Crippen molar-refractivity contribution in [2.75, 3.05) is 13.6 Å². The Morgan fingerprint density at radius 2 is 1.56 bits per heavy atom. The van der Waals surface area contributed by atoms with Crippen LogP contribution in [0, 0.1) is 0 Å². The number of carbonyl (C=O) groups is 2. The van der Waals surface area contributed by atoms with E-state index < -0.39 is 0 Å². The molecule has 0 heterocycles. The van der Waals surface area contributed by atoms with E-state index in [0.29, 0.717) is 12.1 Å². The van der Waals surface area contributed by atoms with Crippen LogP contribution in [0.2, 0.25) is 0 Å². The first-order valence-corrected chi connectivity index (χ1v) is 8.44. The molecule has 0 atom stereocenters. The maximum Gasteiger partial charge on any atom is 0.251 e. The van der Waals surface area contributed by atoms with Crippen LogP contribution in [0.3, 0.4) is 0 Å². The zero-order valence-electron chi connectivity index (χ0n) is 15.4. The van der Waals surface area contributed by atoms with Crippen LogP contribution < -0.4 is 5.32 Å². The summed E-state index contributed by atoms with van der Waals surface area (Å²) in [6.07, 6.45) is 0. The first-order chi connectivity index (χ1) is 11.8. The van der Waals surface area contributed by atoms with E-state index in [9.17, 15) is 9.59 Å². The van der Waals surface area contributed by atoms with Crippen molar-refractivity contribution < 1.29 is 9.59 Å². The zero-order valence-corrected chi connectivity index (χ0v) is 15.4. The highest BCUT2D eigenvalue weighted by atomic mass is 16.2. The molecule has 0 aliphatic heterocycles. The lowest BCUT2D eigenvalue weighted by atomic mass is 9.87. The van der Waals surface area contributed by atoms with Crippen LogP contribution in [0.25, 0.3) is 0 Å². The summed E-state index contributed by atoms with van der Waals surface area (Å²) in [5, 5.41) is 2.69. The lowest BCUT2D eigenvalue weighted by Gasteiger charge is -2.19. The number of hydrogen-bond donors (Lipinski definition) is 1. The molecule has 0 bridgehead atoms. The molecule has 0 unspecified atom stereocenters. The van der Waals surface area contributed by atoms with Crippen LogP contribution in [0.1, 0.15) is 42.3 Å². The lowest BCUT2D eigenvalue weighted by Crippen LogP contribution is -2.37. The van der Waals surface area contributed by atoms with Crippen molar-refractivity contribution >= 4 is 11.8 Å². The standard InChI is InChI=1S/C21H26N2O2/c1-21(2,3)18-12-10-17(11-13-18)20(25)22-14-19(24)23(4)15-16-8-6-5-7-9-16/h5-13H,14-15H2,1-4H3,(H,22,25). The number of hydrogen-bond acceptors (Lipinski definition) is 2. The molecule has 0 saturated carbocycles. The first kappa shape index (κ1) is 18.7. The normalized spacial score (nSPS) is 11.0. The number of nitrogens with one attached hydrogen (secondary N) is 1. The third-order valence-electron chi connectivity index (χ3n) is 4.10. The molecule has 4 heteroatoms. The van der Waals surface area contributed by atoms with Crippen LogP contribution >= 0.6 is 0 Å². The van der Waals surface area contributed by atoms with E-state index >= 15 is 0 Å². The van der Waals surface area contributed by atoms with Gasteiger partial charge in [-0.1, -0.05) is 63.2 Å². The molecule has 0 aliphatic carbocycles. The molecule has 2 rings (SSSR count). The van der Waals surface area contributed by atoms with E-state index in [4.69, 9.17) is 0 Å². The van der Waals surface area contributed by atoms with Crippen molar-refractivity contribution in [3.05, 3.63) is 71.3 Å². The largest absolute Gasteiger partial charge is 0.343 e. The highest BCUT2D eigenvalue weighted by molar-refractivity contribution is 5.96. The molecule has 0 aliphatic rings. The van der Waals surface area contributed by atoms with Crippen molar-refractivity contribution in [1.82, 2.24) is 10.2 Å². The van der Waals surface area contributed by atoms with Crippen molar-refractivity contribution in [3.8, 4) is 0 Å². The van der Waals surface area contributed by atoms with Gasteiger partial charge in [0.15, 0.2) is 0 Å². The Morgan fingerprint density at radius 1 is 0.960 bits per heavy atom. The van der Waals surface area contributed by atoms with E-state index in [2.05, 4.69) is 26.1 Å². The molecular weight excluding hydrogens is 312 g/mol. The van der Waals surface area contributed by atoms with Gasteiger partial charge in [0.05, 0.1) is 6.54 Å². The third-order valence-corrected chi connectivity index (χ3v) is 4.10. The Kier molecular flexibility index (Phi) is 5.97. The summed E-state index contributed by atoms with van der Waals surface area (Å²) in [6, 6.07) is 17.3. The molecule has 2 amide bonds. The van der Waals surface area contributed by atoms with E-state index in [1.54, 1.807) is 24.1 Å². The summed E-state index contributed by atoms with van der Waals surface area (Å²) >= 11 is 0. The molecule has 0 aromatic heterocycles. The molecule has 4 nitrogen and oxygen atoms in total. The van der Waals surface area contributed by atoms with Gasteiger partial charge in [0.1, 0.15) is 0 Å². The second kappa shape index (κ2) is 7.97. The number of carbonyl (C=O) groups excluding carboxylic acids is 2. The summed E-state index contributed by atoms with van der Waals surface area (Å²) in [4.78, 5) is 26.0. The Labute approximate surface area is 149 Å². The second-order valence-corrected chi connectivity index (χ2v) is 7.25. The van der Waals surface area contributed by atoms with Gasteiger partial charge in [-0.2, -0.15) is 0 Å². The summed E-state index contributed by atoms with van der Waals surface area (Å²) in [6.45, 7) is 6.90. The maximum absolute atomic E-state index is 12.2. The quantitative estimate of drug-likeness (QED) is 0.909. The van der Waals surface area contributed by atoms with Gasteiger partial charge in [-0.3, -0.25) is 9.59 Å². The van der Waals surface area contributed by atoms with E-state index in [1.807, 2.05) is 42.5 Å². The average Bonchev–Trinajstić information content (AvgIpc) is 2.59. The first-order valence-electron chi connectivity index (χ1n) is 8.44. The fourth-order valence-electron chi connectivity index (χ4n) is 2.46. The van der Waals surface area contributed by atoms with Gasteiger partial charge < -0.3 is 10.2 Å². The number of rotatable bonds is 5. The van der Waals surface area contributed by atoms with Gasteiger partial charge in [-0.05, 0) is 28.7 Å². The summed E-state index contributed by atoms with van der Waals surface area (Å²) < 4.78 is 0. The Morgan fingerprint density at radius 3 is 2.12 bits per heavy atom. The average molecular weight is 338 g/mol. The van der Waals surface area contributed by atoms with Crippen LogP contribution in [-0.4, -0.2) is 30.3 Å². The summed E-state index contributed by atoms with van der Waals surface area (Å²) in [5.74, 6) is -0.356. The topological polar surface area (TPSA) is 49.4 Å². The van der Waals surface area contributed by atoms with Crippen LogP contribution in [0.15, 0.2) is 54.6 Å². The Hall–Kier alpha value is -2.62. The van der Waals surface area contributed by atoms with Crippen molar-refractivity contribution in [3.63, 3.8) is 0 Å². The number of likely N-dealkylation sites (N-methyl/N-ethyl adjacent to an activating group) is 1. The minimum atomic E-state index is -0.234. The van der Waals surface area contributed by atoms with Gasteiger partial charge in [-0.15, -0.1) is 0 Å². The van der Waals surface area contributed by atoms with Gasteiger partial charge in [0.25, 0.3) is 5.91 Å². The third kappa shape index (κ3) is 5.45. The zero-order chi connectivity index (χ0) is 18.4. The second-order valence-electron chi connectivity index (χ2n) is 7.25. The highest BCUT2D eigenvalue weighted by Gasteiger charge is 2.15.